The fourth-order valence-corrected chi connectivity index (χ4v) is 1.97. The number of imidazole rings is 1. The summed E-state index contributed by atoms with van der Waals surface area (Å²) in [4.78, 5) is 33.9. The molecule has 0 aromatic carbocycles. The highest BCUT2D eigenvalue weighted by atomic mass is 16.6. The molecule has 0 aliphatic carbocycles. The van der Waals surface area contributed by atoms with Crippen LogP contribution in [0.2, 0.25) is 0 Å². The second kappa shape index (κ2) is 6.75. The van der Waals surface area contributed by atoms with Gasteiger partial charge in [-0.1, -0.05) is 13.8 Å². The van der Waals surface area contributed by atoms with E-state index in [0.29, 0.717) is 0 Å². The van der Waals surface area contributed by atoms with Gasteiger partial charge in [0.05, 0.1) is 19.5 Å². The molecular weight excluding hydrogens is 304 g/mol. The van der Waals surface area contributed by atoms with Crippen molar-refractivity contribution in [3.63, 3.8) is 0 Å². The maximum atomic E-state index is 11.9. The van der Waals surface area contributed by atoms with E-state index in [4.69, 9.17) is 16.2 Å². The van der Waals surface area contributed by atoms with Crippen LogP contribution in [0.25, 0.3) is 11.2 Å². The molecule has 0 spiro atoms. The molecule has 0 radical (unpaired) electrons. The van der Waals surface area contributed by atoms with Crippen LogP contribution in [-0.4, -0.2) is 49.3 Å². The van der Waals surface area contributed by atoms with E-state index in [0.717, 1.165) is 0 Å². The number of H-pyrrole nitrogens is 1. The zero-order valence-electron chi connectivity index (χ0n) is 12.9. The normalized spacial score (nSPS) is 14.1. The highest BCUT2D eigenvalue weighted by Gasteiger charge is 2.23. The van der Waals surface area contributed by atoms with Crippen molar-refractivity contribution in [2.45, 2.75) is 32.5 Å². The summed E-state index contributed by atoms with van der Waals surface area (Å²) in [6.45, 7) is 3.25. The first-order valence-electron chi connectivity index (χ1n) is 7.11. The number of carbonyl (C=O) groups excluding carboxylic acids is 1. The number of esters is 1. The van der Waals surface area contributed by atoms with Crippen molar-refractivity contribution in [3.05, 3.63) is 16.7 Å². The minimum Gasteiger partial charge on any atom is -0.457 e. The maximum Gasteiger partial charge on any atom is 0.323 e. The Balaban J connectivity index is 2.19. The van der Waals surface area contributed by atoms with Crippen LogP contribution in [0, 0.1) is 5.92 Å². The van der Waals surface area contributed by atoms with Crippen molar-refractivity contribution < 1.29 is 14.6 Å². The number of aliphatic hydroxyl groups excluding tert-OH is 1. The first-order valence-corrected chi connectivity index (χ1v) is 7.11. The van der Waals surface area contributed by atoms with E-state index in [9.17, 15) is 14.7 Å². The van der Waals surface area contributed by atoms with Gasteiger partial charge in [-0.25, -0.2) is 4.98 Å². The number of hydrogen-bond donors (Lipinski definition) is 4. The summed E-state index contributed by atoms with van der Waals surface area (Å²) < 4.78 is 6.68. The van der Waals surface area contributed by atoms with E-state index in [1.54, 1.807) is 13.8 Å². The Labute approximate surface area is 131 Å². The summed E-state index contributed by atoms with van der Waals surface area (Å²) in [5.41, 5.74) is 11.1. The van der Waals surface area contributed by atoms with Gasteiger partial charge in [-0.3, -0.25) is 14.6 Å². The number of carbonyl (C=O) groups is 1. The molecule has 0 aliphatic heterocycles. The minimum atomic E-state index is -0.841. The molecule has 1 unspecified atom stereocenters. The molecular formula is C13H20N6O4. The van der Waals surface area contributed by atoms with Crippen LogP contribution in [-0.2, 0) is 16.1 Å². The van der Waals surface area contributed by atoms with Crippen LogP contribution in [0.15, 0.2) is 11.1 Å². The summed E-state index contributed by atoms with van der Waals surface area (Å²) in [6, 6.07) is -0.778. The number of ether oxygens (including phenoxy) is 1. The lowest BCUT2D eigenvalue weighted by Gasteiger charge is -2.20. The molecule has 0 fully saturated rings. The Morgan fingerprint density at radius 3 is 2.83 bits per heavy atom. The largest absolute Gasteiger partial charge is 0.457 e. The van der Waals surface area contributed by atoms with Crippen molar-refractivity contribution in [3.8, 4) is 0 Å². The first-order chi connectivity index (χ1) is 10.8. The third-order valence-corrected chi connectivity index (χ3v) is 3.37. The van der Waals surface area contributed by atoms with Crippen molar-refractivity contribution >= 4 is 23.1 Å². The van der Waals surface area contributed by atoms with Gasteiger partial charge >= 0.3 is 5.97 Å². The Morgan fingerprint density at radius 2 is 2.22 bits per heavy atom. The Kier molecular flexibility index (Phi) is 4.96. The van der Waals surface area contributed by atoms with Gasteiger partial charge in [-0.15, -0.1) is 0 Å². The number of anilines is 1. The number of nitrogen functional groups attached to an aromatic ring is 1. The van der Waals surface area contributed by atoms with E-state index >= 15 is 0 Å². The van der Waals surface area contributed by atoms with E-state index in [1.165, 1.54) is 10.9 Å². The number of nitrogens with two attached hydrogens (primary N) is 2. The highest BCUT2D eigenvalue weighted by molar-refractivity contribution is 5.76. The lowest BCUT2D eigenvalue weighted by atomic mass is 10.1. The van der Waals surface area contributed by atoms with Crippen LogP contribution < -0.4 is 17.0 Å². The van der Waals surface area contributed by atoms with Crippen LogP contribution in [0.5, 0.6) is 0 Å². The Bertz CT molecular complexity index is 752. The van der Waals surface area contributed by atoms with Gasteiger partial charge in [-0.05, 0) is 5.92 Å². The number of aromatic nitrogens is 4. The smallest absolute Gasteiger partial charge is 0.323 e. The minimum absolute atomic E-state index is 0.0522. The molecule has 126 valence electrons. The molecule has 0 aliphatic rings. The fourth-order valence-electron chi connectivity index (χ4n) is 1.97. The number of hydrogen-bond acceptors (Lipinski definition) is 8. The molecule has 2 rings (SSSR count). The van der Waals surface area contributed by atoms with Gasteiger partial charge in [0.1, 0.15) is 12.1 Å². The van der Waals surface area contributed by atoms with Crippen molar-refractivity contribution in [1.82, 2.24) is 19.5 Å². The average Bonchev–Trinajstić information content (AvgIpc) is 2.88. The van der Waals surface area contributed by atoms with Gasteiger partial charge < -0.3 is 25.9 Å². The predicted molar refractivity (Wildman–Crippen MR) is 82.3 cm³/mol. The molecule has 2 aromatic heterocycles. The van der Waals surface area contributed by atoms with Gasteiger partial charge in [0.25, 0.3) is 5.56 Å². The zero-order chi connectivity index (χ0) is 17.1. The monoisotopic (exact) mass is 324 g/mol. The maximum absolute atomic E-state index is 11.9. The van der Waals surface area contributed by atoms with Crippen LogP contribution >= 0.6 is 0 Å². The standard InChI is InChI=1S/C13H20N6O4/c1-6(2)8(14)12(22)23-7(4-20)3-19-5-16-9-10(19)17-13(15)18-11(9)21/h5-8,20H,3-4,14H2,1-2H3,(H3,15,17,18,21)/t7?,8-/m0/s1. The molecule has 2 aromatic rings. The van der Waals surface area contributed by atoms with Gasteiger partial charge in [-0.2, -0.15) is 4.98 Å². The lowest BCUT2D eigenvalue weighted by molar-refractivity contribution is -0.154. The van der Waals surface area contributed by atoms with Gasteiger partial charge in [0.15, 0.2) is 11.2 Å². The van der Waals surface area contributed by atoms with E-state index in [-0.39, 0.29) is 29.6 Å². The third kappa shape index (κ3) is 3.66. The average molecular weight is 324 g/mol. The molecule has 0 saturated heterocycles. The van der Waals surface area contributed by atoms with Crippen LogP contribution in [0.1, 0.15) is 13.8 Å². The second-order valence-corrected chi connectivity index (χ2v) is 5.53. The molecule has 2 heterocycles. The van der Waals surface area contributed by atoms with E-state index < -0.39 is 30.3 Å². The molecule has 0 amide bonds. The van der Waals surface area contributed by atoms with E-state index in [2.05, 4.69) is 15.0 Å². The second-order valence-electron chi connectivity index (χ2n) is 5.53. The van der Waals surface area contributed by atoms with Crippen LogP contribution in [0.4, 0.5) is 5.95 Å². The number of rotatable bonds is 6. The molecule has 0 bridgehead atoms. The zero-order valence-corrected chi connectivity index (χ0v) is 12.9. The van der Waals surface area contributed by atoms with Gasteiger partial charge in [0, 0.05) is 0 Å². The number of aliphatic hydroxyl groups is 1. The molecule has 0 saturated carbocycles. The molecule has 10 heteroatoms. The summed E-state index contributed by atoms with van der Waals surface area (Å²) in [5, 5.41) is 9.41. The quantitative estimate of drug-likeness (QED) is 0.471. The van der Waals surface area contributed by atoms with Gasteiger partial charge in [0.2, 0.25) is 5.95 Å². The Morgan fingerprint density at radius 1 is 1.52 bits per heavy atom. The number of nitrogens with one attached hydrogen (secondary N) is 1. The summed E-state index contributed by atoms with van der Waals surface area (Å²) in [7, 11) is 0. The van der Waals surface area contributed by atoms with Crippen LogP contribution in [0.3, 0.4) is 0 Å². The summed E-state index contributed by atoms with van der Waals surface area (Å²) in [6.07, 6.45) is 0.526. The van der Waals surface area contributed by atoms with Crippen molar-refractivity contribution in [1.29, 1.82) is 0 Å². The summed E-state index contributed by atoms with van der Waals surface area (Å²) >= 11 is 0. The molecule has 10 nitrogen and oxygen atoms in total. The lowest BCUT2D eigenvalue weighted by Crippen LogP contribution is -2.40. The third-order valence-electron chi connectivity index (χ3n) is 3.37. The number of nitrogens with zero attached hydrogens (tertiary/aromatic N) is 3. The Hall–Kier alpha value is -2.46. The first kappa shape index (κ1) is 16.9. The molecule has 23 heavy (non-hydrogen) atoms. The SMILES string of the molecule is CC(C)[C@H](N)C(=O)OC(CO)Cn1cnc2c(=O)[nH]c(N)nc21. The van der Waals surface area contributed by atoms with Crippen molar-refractivity contribution in [2.75, 3.05) is 12.3 Å². The van der Waals surface area contributed by atoms with E-state index in [1.807, 2.05) is 0 Å². The highest BCUT2D eigenvalue weighted by Crippen LogP contribution is 2.10. The fraction of sp³-hybridized carbons (Fsp3) is 0.538. The predicted octanol–water partition coefficient (Wildman–Crippen LogP) is -1.41. The van der Waals surface area contributed by atoms with Crippen molar-refractivity contribution in [2.24, 2.45) is 11.7 Å². The summed E-state index contributed by atoms with van der Waals surface area (Å²) in [5.74, 6) is -0.742. The topological polar surface area (TPSA) is 162 Å². The molecule has 6 N–H and O–H groups in total. The number of fused-ring (bicyclic) bond motifs is 1. The molecule has 2 atom stereocenters. The number of aromatic amines is 1.